The number of nitrogens with one attached hydrogen (secondary N) is 1. The molecule has 0 saturated carbocycles. The molecule has 11 heteroatoms. The second kappa shape index (κ2) is 12.4. The summed E-state index contributed by atoms with van der Waals surface area (Å²) < 4.78 is 46.2. The molecular weight excluding hydrogens is 558 g/mol. The molecule has 40 heavy (non-hydrogen) atoms. The van der Waals surface area contributed by atoms with Crippen molar-refractivity contribution in [1.29, 1.82) is 0 Å². The molecule has 4 aromatic rings. The van der Waals surface area contributed by atoms with Gasteiger partial charge in [-0.05, 0) is 60.9 Å². The Morgan fingerprint density at radius 2 is 1.80 bits per heavy atom. The summed E-state index contributed by atoms with van der Waals surface area (Å²) in [6.07, 6.45) is -3.16. The zero-order chi connectivity index (χ0) is 28.5. The fourth-order valence-corrected chi connectivity index (χ4v) is 4.33. The zero-order valence-electron chi connectivity index (χ0n) is 21.6. The molecule has 0 fully saturated rings. The molecule has 1 aromatic heterocycles. The molecule has 3 aromatic carbocycles. The molecule has 0 bridgehead atoms. The van der Waals surface area contributed by atoms with Gasteiger partial charge in [0.05, 0.1) is 29.2 Å². The molecule has 0 atom stereocenters. The summed E-state index contributed by atoms with van der Waals surface area (Å²) in [5.74, 6) is -2.26. The van der Waals surface area contributed by atoms with Crippen LogP contribution in [0.4, 0.5) is 18.9 Å². The van der Waals surface area contributed by atoms with Crippen molar-refractivity contribution >= 4 is 46.2 Å². The number of carboxylic acids is 1. The summed E-state index contributed by atoms with van der Waals surface area (Å²) in [5, 5.41) is 13.9. The minimum absolute atomic E-state index is 0. The van der Waals surface area contributed by atoms with E-state index in [1.807, 2.05) is 0 Å². The molecule has 1 amide bonds. The predicted molar refractivity (Wildman–Crippen MR) is 140 cm³/mol. The summed E-state index contributed by atoms with van der Waals surface area (Å²) in [6, 6.07) is 13.1. The second-order valence-electron chi connectivity index (χ2n) is 8.89. The van der Waals surface area contributed by atoms with E-state index < -0.39 is 41.4 Å². The van der Waals surface area contributed by atoms with E-state index in [1.165, 1.54) is 25.1 Å². The molecule has 0 spiro atoms. The maximum absolute atomic E-state index is 13.6. The minimum Gasteiger partial charge on any atom is -0.545 e. The molecule has 0 radical (unpaired) electrons. The Bertz CT molecular complexity index is 1710. The van der Waals surface area contributed by atoms with Gasteiger partial charge in [0, 0.05) is 22.0 Å². The summed E-state index contributed by atoms with van der Waals surface area (Å²) >= 11 is 6.22. The van der Waals surface area contributed by atoms with Crippen LogP contribution in [0.25, 0.3) is 28.2 Å². The number of alkyl halides is 3. The zero-order valence-corrected chi connectivity index (χ0v) is 24.4. The van der Waals surface area contributed by atoms with Crippen LogP contribution in [0.5, 0.6) is 0 Å². The van der Waals surface area contributed by atoms with Crippen LogP contribution < -0.4 is 45.6 Å². The van der Waals surface area contributed by atoms with Gasteiger partial charge in [-0.3, -0.25) is 4.79 Å². The number of fused-ring (bicyclic) bond motifs is 1. The van der Waals surface area contributed by atoms with Crippen LogP contribution in [0, 0.1) is 13.8 Å². The van der Waals surface area contributed by atoms with Crippen LogP contribution in [0.15, 0.2) is 69.9 Å². The smallest absolute Gasteiger partial charge is 0.545 e. The topological polar surface area (TPSA) is 99.4 Å². The van der Waals surface area contributed by atoms with Crippen molar-refractivity contribution in [3.05, 3.63) is 104 Å². The normalized spacial score (nSPS) is 11.4. The first kappa shape index (κ1) is 31.2. The van der Waals surface area contributed by atoms with Crippen molar-refractivity contribution in [3.8, 4) is 11.1 Å². The van der Waals surface area contributed by atoms with Gasteiger partial charge in [-0.1, -0.05) is 47.5 Å². The van der Waals surface area contributed by atoms with Crippen LogP contribution in [0.2, 0.25) is 5.02 Å². The van der Waals surface area contributed by atoms with Crippen molar-refractivity contribution in [3.63, 3.8) is 0 Å². The van der Waals surface area contributed by atoms with Gasteiger partial charge in [0.15, 0.2) is 0 Å². The van der Waals surface area contributed by atoms with Crippen LogP contribution >= 0.6 is 11.6 Å². The number of aryl methyl sites for hydroxylation is 2. The van der Waals surface area contributed by atoms with E-state index in [0.29, 0.717) is 38.2 Å². The van der Waals surface area contributed by atoms with Crippen LogP contribution in [0.1, 0.15) is 27.8 Å². The first-order valence-electron chi connectivity index (χ1n) is 11.6. The Hall–Kier alpha value is -3.37. The Morgan fingerprint density at radius 1 is 1.07 bits per heavy atom. The quantitative estimate of drug-likeness (QED) is 0.216. The molecule has 0 unspecified atom stereocenters. The molecule has 200 valence electrons. The molecule has 6 nitrogen and oxygen atoms in total. The van der Waals surface area contributed by atoms with E-state index in [2.05, 4.69) is 5.32 Å². The summed E-state index contributed by atoms with van der Waals surface area (Å²) in [6.45, 7) is 3.23. The Kier molecular flexibility index (Phi) is 9.68. The minimum atomic E-state index is -4.71. The second-order valence-corrected chi connectivity index (χ2v) is 9.30. The van der Waals surface area contributed by atoms with E-state index in [-0.39, 0.29) is 40.7 Å². The monoisotopic (exact) mass is 577 g/mol. The molecule has 0 aliphatic rings. The Balaban J connectivity index is 0.00000441. The third-order valence-electron chi connectivity index (χ3n) is 5.96. The third kappa shape index (κ3) is 7.03. The number of halogens is 4. The van der Waals surface area contributed by atoms with Gasteiger partial charge in [-0.15, -0.1) is 0 Å². The fraction of sp³-hybridized carbons (Fsp3) is 0.138. The Morgan fingerprint density at radius 3 is 2.48 bits per heavy atom. The number of carbonyl (C=O) groups is 2. The van der Waals surface area contributed by atoms with Crippen LogP contribution in [0.3, 0.4) is 0 Å². The van der Waals surface area contributed by atoms with Crippen LogP contribution in [-0.2, 0) is 22.2 Å². The number of carbonyl (C=O) groups excluding carboxylic acids is 2. The number of hydrogen-bond donors (Lipinski definition) is 1. The molecule has 1 N–H and O–H groups in total. The molecule has 0 aliphatic carbocycles. The number of hydrogen-bond acceptors (Lipinski definition) is 5. The molecule has 0 saturated heterocycles. The van der Waals surface area contributed by atoms with Crippen molar-refractivity contribution in [2.24, 2.45) is 0 Å². The first-order chi connectivity index (χ1) is 18.3. The van der Waals surface area contributed by atoms with E-state index in [1.54, 1.807) is 37.3 Å². The summed E-state index contributed by atoms with van der Waals surface area (Å²) in [7, 11) is 0. The van der Waals surface area contributed by atoms with E-state index in [4.69, 9.17) is 16.0 Å². The number of benzene rings is 3. The number of rotatable bonds is 6. The Labute approximate surface area is 253 Å². The molecular formula is C29H20ClF3NNaO5. The van der Waals surface area contributed by atoms with E-state index in [0.717, 1.165) is 18.2 Å². The van der Waals surface area contributed by atoms with Gasteiger partial charge in [0.25, 0.3) is 0 Å². The van der Waals surface area contributed by atoms with E-state index in [9.17, 15) is 32.7 Å². The van der Waals surface area contributed by atoms with Gasteiger partial charge >= 0.3 is 41.4 Å². The molecule has 0 aliphatic heterocycles. The van der Waals surface area contributed by atoms with Gasteiger partial charge < -0.3 is 19.6 Å². The number of amides is 1. The first-order valence-corrected chi connectivity index (χ1v) is 11.9. The van der Waals surface area contributed by atoms with Crippen molar-refractivity contribution in [2.75, 3.05) is 5.32 Å². The molecule has 1 heterocycles. The number of carboxylic acid groups (broad SMARTS) is 1. The van der Waals surface area contributed by atoms with E-state index >= 15 is 0 Å². The van der Waals surface area contributed by atoms with Gasteiger partial charge in [0.2, 0.25) is 5.91 Å². The van der Waals surface area contributed by atoms with Crippen molar-refractivity contribution < 1.29 is 61.8 Å². The largest absolute Gasteiger partial charge is 1.00 e. The predicted octanol–water partition coefficient (Wildman–Crippen LogP) is 2.70. The van der Waals surface area contributed by atoms with Crippen molar-refractivity contribution in [2.45, 2.75) is 26.4 Å². The maximum Gasteiger partial charge on any atom is 1.00 e. The van der Waals surface area contributed by atoms with Gasteiger partial charge in [-0.2, -0.15) is 13.2 Å². The fourth-order valence-electron chi connectivity index (χ4n) is 4.18. The standard InChI is InChI=1S/C29H21ClF3NO5.Na/c1-15-6-8-23(21(10-15)29(31,32)33)34-25(35)13-20-27(18-5-3-4-17(12-18)7-9-26(36)37)19-11-16(2)22(30)14-24(19)39-28(20)38;/h3-12,14H,13H2,1-2H3,(H,34,35)(H,36,37);/q;+1/p-1/b9-7+;. The SMILES string of the molecule is Cc1ccc(NC(=O)Cc2c(-c3cccc(/C=C/C(=O)[O-])c3)c3cc(C)c(Cl)cc3oc2=O)c(C(F)(F)F)c1.[Na+]. The average molecular weight is 578 g/mol. The summed E-state index contributed by atoms with van der Waals surface area (Å²) in [4.78, 5) is 37.0. The number of aliphatic carboxylic acids is 1. The van der Waals surface area contributed by atoms with Crippen LogP contribution in [-0.4, -0.2) is 11.9 Å². The van der Waals surface area contributed by atoms with Gasteiger partial charge in [-0.25, -0.2) is 4.79 Å². The number of anilines is 1. The van der Waals surface area contributed by atoms with Gasteiger partial charge in [0.1, 0.15) is 5.58 Å². The summed E-state index contributed by atoms with van der Waals surface area (Å²) in [5.41, 5.74) is -0.0506. The molecule has 4 rings (SSSR count). The van der Waals surface area contributed by atoms with Crippen molar-refractivity contribution in [1.82, 2.24) is 0 Å². The average Bonchev–Trinajstić information content (AvgIpc) is 2.85. The maximum atomic E-state index is 13.6. The third-order valence-corrected chi connectivity index (χ3v) is 6.37.